The number of hydrogen-bond donors (Lipinski definition) is 7. The second-order valence-electron chi connectivity index (χ2n) is 9.27. The molecule has 0 spiro atoms. The average Bonchev–Trinajstić information content (AvgIpc) is 3.38. The van der Waals surface area contributed by atoms with E-state index >= 15 is 0 Å². The van der Waals surface area contributed by atoms with Gasteiger partial charge < -0.3 is 37.5 Å². The molecule has 4 amide bonds. The van der Waals surface area contributed by atoms with Crippen molar-refractivity contribution in [3.8, 4) is 0 Å². The molecule has 0 radical (unpaired) electrons. The van der Waals surface area contributed by atoms with Crippen LogP contribution in [0.15, 0.2) is 42.9 Å². The van der Waals surface area contributed by atoms with Crippen molar-refractivity contribution in [1.82, 2.24) is 25.9 Å². The first-order valence-electron chi connectivity index (χ1n) is 12.2. The van der Waals surface area contributed by atoms with Crippen LogP contribution in [0.2, 0.25) is 0 Å². The number of rotatable bonds is 15. The number of aromatic amines is 1. The fourth-order valence-electron chi connectivity index (χ4n) is 3.63. The Hall–Kier alpha value is -4.26. The molecule has 9 N–H and O–H groups in total. The Morgan fingerprint density at radius 2 is 1.55 bits per heavy atom. The molecule has 2 rings (SSSR count). The minimum absolute atomic E-state index is 0.00351. The van der Waals surface area contributed by atoms with Crippen LogP contribution in [0.4, 0.5) is 0 Å². The van der Waals surface area contributed by atoms with E-state index in [1.807, 2.05) is 0 Å². The van der Waals surface area contributed by atoms with E-state index in [9.17, 15) is 29.1 Å². The van der Waals surface area contributed by atoms with Gasteiger partial charge in [-0.25, -0.2) is 9.78 Å². The summed E-state index contributed by atoms with van der Waals surface area (Å²) >= 11 is 0. The summed E-state index contributed by atoms with van der Waals surface area (Å²) in [6.07, 6.45) is 2.85. The second-order valence-corrected chi connectivity index (χ2v) is 9.27. The molecule has 4 unspecified atom stereocenters. The highest BCUT2D eigenvalue weighted by Crippen LogP contribution is 2.08. The predicted octanol–water partition coefficient (Wildman–Crippen LogP) is -1.02. The number of carbonyl (C=O) groups excluding carboxylic acids is 4. The van der Waals surface area contributed by atoms with E-state index in [1.54, 1.807) is 44.2 Å². The summed E-state index contributed by atoms with van der Waals surface area (Å²) in [5, 5.41) is 17.2. The lowest BCUT2D eigenvalue weighted by atomic mass is 10.0. The maximum Gasteiger partial charge on any atom is 0.326 e. The number of nitrogens with two attached hydrogens (primary N) is 2. The lowest BCUT2D eigenvalue weighted by Crippen LogP contribution is -2.58. The first kappa shape index (κ1) is 30.0. The Morgan fingerprint density at radius 1 is 0.947 bits per heavy atom. The first-order valence-corrected chi connectivity index (χ1v) is 12.2. The highest BCUT2D eigenvalue weighted by molar-refractivity contribution is 5.94. The molecule has 0 saturated heterocycles. The quantitative estimate of drug-likeness (QED) is 0.151. The third-order valence-electron chi connectivity index (χ3n) is 5.80. The van der Waals surface area contributed by atoms with Crippen molar-refractivity contribution in [2.75, 3.05) is 0 Å². The molecule has 1 aromatic carbocycles. The van der Waals surface area contributed by atoms with E-state index in [-0.39, 0.29) is 25.7 Å². The summed E-state index contributed by atoms with van der Waals surface area (Å²) in [6.45, 7) is 3.31. The summed E-state index contributed by atoms with van der Waals surface area (Å²) in [7, 11) is 0. The number of amides is 4. The molecule has 1 aromatic heterocycles. The van der Waals surface area contributed by atoms with Crippen LogP contribution in [0.5, 0.6) is 0 Å². The van der Waals surface area contributed by atoms with E-state index in [1.165, 1.54) is 12.5 Å². The lowest BCUT2D eigenvalue weighted by molar-refractivity contribution is -0.143. The normalized spacial score (nSPS) is 14.1. The van der Waals surface area contributed by atoms with Crippen LogP contribution in [0.25, 0.3) is 0 Å². The van der Waals surface area contributed by atoms with Crippen molar-refractivity contribution >= 4 is 29.6 Å². The number of nitrogens with zero attached hydrogens (tertiary/aromatic N) is 1. The number of carboxylic acid groups (broad SMARTS) is 1. The van der Waals surface area contributed by atoms with Crippen LogP contribution in [0.3, 0.4) is 0 Å². The molecule has 2 aromatic rings. The van der Waals surface area contributed by atoms with Gasteiger partial charge in [0.2, 0.25) is 23.6 Å². The highest BCUT2D eigenvalue weighted by atomic mass is 16.4. The number of aliphatic carboxylic acids is 1. The Balaban J connectivity index is 2.25. The molecule has 0 saturated carbocycles. The average molecular weight is 530 g/mol. The molecule has 13 nitrogen and oxygen atoms in total. The molecule has 0 fully saturated rings. The predicted molar refractivity (Wildman–Crippen MR) is 137 cm³/mol. The number of H-pyrrole nitrogens is 1. The third-order valence-corrected chi connectivity index (χ3v) is 5.80. The second kappa shape index (κ2) is 14.5. The Labute approximate surface area is 220 Å². The van der Waals surface area contributed by atoms with Crippen molar-refractivity contribution < 1.29 is 29.1 Å². The maximum absolute atomic E-state index is 13.4. The van der Waals surface area contributed by atoms with Gasteiger partial charge >= 0.3 is 5.97 Å². The zero-order chi connectivity index (χ0) is 28.2. The van der Waals surface area contributed by atoms with E-state index in [2.05, 4.69) is 25.9 Å². The van der Waals surface area contributed by atoms with Crippen LogP contribution in [0, 0.1) is 5.92 Å². The molecule has 0 bridgehead atoms. The number of aromatic nitrogens is 2. The van der Waals surface area contributed by atoms with Crippen LogP contribution in [-0.2, 0) is 36.8 Å². The van der Waals surface area contributed by atoms with Crippen molar-refractivity contribution in [2.45, 2.75) is 63.7 Å². The first-order chi connectivity index (χ1) is 18.0. The van der Waals surface area contributed by atoms with Crippen LogP contribution in [-0.4, -0.2) is 68.8 Å². The molecule has 206 valence electrons. The van der Waals surface area contributed by atoms with E-state index < -0.39 is 59.7 Å². The van der Waals surface area contributed by atoms with E-state index in [0.717, 1.165) is 5.56 Å². The molecular weight excluding hydrogens is 494 g/mol. The number of carbonyl (C=O) groups is 5. The molecule has 13 heteroatoms. The number of imidazole rings is 1. The summed E-state index contributed by atoms with van der Waals surface area (Å²) in [4.78, 5) is 68.7. The third kappa shape index (κ3) is 9.65. The van der Waals surface area contributed by atoms with Gasteiger partial charge in [-0.2, -0.15) is 0 Å². The van der Waals surface area contributed by atoms with Gasteiger partial charge in [-0.15, -0.1) is 0 Å². The van der Waals surface area contributed by atoms with Gasteiger partial charge in [-0.05, 0) is 17.9 Å². The number of primary amides is 1. The van der Waals surface area contributed by atoms with Crippen molar-refractivity contribution in [1.29, 1.82) is 0 Å². The fourth-order valence-corrected chi connectivity index (χ4v) is 3.63. The number of hydrogen-bond acceptors (Lipinski definition) is 7. The Morgan fingerprint density at radius 3 is 2.11 bits per heavy atom. The smallest absolute Gasteiger partial charge is 0.326 e. The number of benzene rings is 1. The molecular formula is C25H35N7O6. The van der Waals surface area contributed by atoms with Gasteiger partial charge in [-0.3, -0.25) is 19.2 Å². The molecule has 38 heavy (non-hydrogen) atoms. The molecule has 0 aliphatic rings. The standard InChI is InChI=1S/C25H35N7O6/c1-14(2)21(25(37)38)32-24(36)18(10-15-6-4-3-5-7-15)31-23(35)19(11-16-12-28-13-29-16)30-22(34)17(26)8-9-20(27)33/h3-7,12-14,17-19,21H,8-11,26H2,1-2H3,(H2,27,33)(H,28,29)(H,30,34)(H,31,35)(H,32,36)(H,37,38). The number of carboxylic acids is 1. The maximum atomic E-state index is 13.4. The van der Waals surface area contributed by atoms with Crippen LogP contribution in [0.1, 0.15) is 37.9 Å². The number of nitrogens with one attached hydrogen (secondary N) is 4. The molecule has 1 heterocycles. The van der Waals surface area contributed by atoms with Gasteiger partial charge in [0.25, 0.3) is 0 Å². The van der Waals surface area contributed by atoms with Crippen molar-refractivity contribution in [3.05, 3.63) is 54.1 Å². The lowest BCUT2D eigenvalue weighted by Gasteiger charge is -2.26. The molecule has 4 atom stereocenters. The zero-order valence-electron chi connectivity index (χ0n) is 21.3. The highest BCUT2D eigenvalue weighted by Gasteiger charge is 2.31. The van der Waals surface area contributed by atoms with Gasteiger partial charge in [0.15, 0.2) is 0 Å². The van der Waals surface area contributed by atoms with Crippen molar-refractivity contribution in [2.24, 2.45) is 17.4 Å². The molecule has 0 aliphatic heterocycles. The zero-order valence-corrected chi connectivity index (χ0v) is 21.3. The molecule has 0 aliphatic carbocycles. The summed E-state index contributed by atoms with van der Waals surface area (Å²) in [5.41, 5.74) is 12.2. The van der Waals surface area contributed by atoms with Crippen molar-refractivity contribution in [3.63, 3.8) is 0 Å². The van der Waals surface area contributed by atoms with Gasteiger partial charge in [0, 0.05) is 31.2 Å². The minimum atomic E-state index is -1.20. The topological polar surface area (TPSA) is 222 Å². The van der Waals surface area contributed by atoms with Gasteiger partial charge in [0.05, 0.1) is 12.4 Å². The Bertz CT molecular complexity index is 1090. The Kier molecular flexibility index (Phi) is 11.4. The van der Waals surface area contributed by atoms with Gasteiger partial charge in [0.1, 0.15) is 18.1 Å². The largest absolute Gasteiger partial charge is 0.480 e. The van der Waals surface area contributed by atoms with E-state index in [4.69, 9.17) is 11.5 Å². The SMILES string of the molecule is CC(C)C(NC(=O)C(Cc1ccccc1)NC(=O)C(Cc1cnc[nH]1)NC(=O)C(N)CCC(N)=O)C(=O)O. The summed E-state index contributed by atoms with van der Waals surface area (Å²) in [5.74, 6) is -4.28. The fraction of sp³-hybridized carbons (Fsp3) is 0.440. The van der Waals surface area contributed by atoms with Crippen LogP contribution >= 0.6 is 0 Å². The minimum Gasteiger partial charge on any atom is -0.480 e. The van der Waals surface area contributed by atoms with Gasteiger partial charge in [-0.1, -0.05) is 44.2 Å². The monoisotopic (exact) mass is 529 g/mol. The summed E-state index contributed by atoms with van der Waals surface area (Å²) in [6, 6.07) is 4.32. The summed E-state index contributed by atoms with van der Waals surface area (Å²) < 4.78 is 0. The van der Waals surface area contributed by atoms with E-state index in [0.29, 0.717) is 5.69 Å². The van der Waals surface area contributed by atoms with Crippen LogP contribution < -0.4 is 27.4 Å².